The van der Waals surface area contributed by atoms with Crippen LogP contribution in [0.15, 0.2) is 77.7 Å². The molecule has 40 heavy (non-hydrogen) atoms. The van der Waals surface area contributed by atoms with Crippen LogP contribution in [0.4, 0.5) is 17.1 Å². The number of rotatable bonds is 12. The molecule has 3 aromatic carbocycles. The highest BCUT2D eigenvalue weighted by Crippen LogP contribution is 2.33. The fourth-order valence-electron chi connectivity index (χ4n) is 5.01. The molecule has 1 atom stereocenters. The van der Waals surface area contributed by atoms with Gasteiger partial charge in [0.05, 0.1) is 18.5 Å². The number of carbonyl (C=O) groups excluding carboxylic acids is 1. The van der Waals surface area contributed by atoms with Gasteiger partial charge >= 0.3 is 0 Å². The molecule has 0 spiro atoms. The molecule has 1 heterocycles. The quantitative estimate of drug-likeness (QED) is 0.279. The van der Waals surface area contributed by atoms with Crippen LogP contribution in [-0.2, 0) is 14.8 Å². The molecule has 0 bridgehead atoms. The number of carbonyl (C=O) groups is 1. The molecule has 9 heteroatoms. The van der Waals surface area contributed by atoms with Crippen LogP contribution in [0.1, 0.15) is 51.1 Å². The highest BCUT2D eigenvalue weighted by molar-refractivity contribution is 7.89. The number of unbranched alkanes of at least 4 members (excludes halogenated alkanes) is 2. The number of hydrogen-bond donors (Lipinski definition) is 2. The summed E-state index contributed by atoms with van der Waals surface area (Å²) < 4.78 is 36.0. The van der Waals surface area contributed by atoms with Crippen LogP contribution >= 0.6 is 0 Å². The SMILES string of the molecule is CCCCCC(=O)Nc1ccc(N2CCN(c3ccccc3OC)CC2)c(S(=O)(=O)N[C@@H](C)c2ccccc2)c1. The number of piperazine rings is 1. The van der Waals surface area contributed by atoms with Crippen LogP contribution in [0.3, 0.4) is 0 Å². The van der Waals surface area contributed by atoms with Crippen molar-refractivity contribution >= 4 is 33.0 Å². The van der Waals surface area contributed by atoms with Gasteiger partial charge in [-0.3, -0.25) is 4.79 Å². The van der Waals surface area contributed by atoms with E-state index in [-0.39, 0.29) is 10.8 Å². The van der Waals surface area contributed by atoms with Gasteiger partial charge in [0.15, 0.2) is 0 Å². The Morgan fingerprint density at radius 3 is 2.23 bits per heavy atom. The fraction of sp³-hybridized carbons (Fsp3) is 0.387. The van der Waals surface area contributed by atoms with Crippen molar-refractivity contribution in [3.63, 3.8) is 0 Å². The molecular formula is C31H40N4O4S. The first-order valence-corrected chi connectivity index (χ1v) is 15.4. The van der Waals surface area contributed by atoms with Gasteiger partial charge in [0.1, 0.15) is 10.6 Å². The minimum Gasteiger partial charge on any atom is -0.495 e. The van der Waals surface area contributed by atoms with E-state index in [1.54, 1.807) is 19.2 Å². The van der Waals surface area contributed by atoms with Gasteiger partial charge in [-0.1, -0.05) is 62.2 Å². The fourth-order valence-corrected chi connectivity index (χ4v) is 6.50. The predicted octanol–water partition coefficient (Wildman–Crippen LogP) is 5.58. The molecule has 214 valence electrons. The summed E-state index contributed by atoms with van der Waals surface area (Å²) in [6.07, 6.45) is 3.22. The van der Waals surface area contributed by atoms with Gasteiger partial charge in [-0.2, -0.15) is 0 Å². The Kier molecular flexibility index (Phi) is 10.1. The molecule has 0 aromatic heterocycles. The zero-order valence-corrected chi connectivity index (χ0v) is 24.4. The van der Waals surface area contributed by atoms with Crippen molar-refractivity contribution < 1.29 is 17.9 Å². The number of methoxy groups -OCH3 is 1. The van der Waals surface area contributed by atoms with Gasteiger partial charge < -0.3 is 19.9 Å². The highest BCUT2D eigenvalue weighted by atomic mass is 32.2. The molecule has 0 radical (unpaired) electrons. The summed E-state index contributed by atoms with van der Waals surface area (Å²) in [4.78, 5) is 17.0. The second kappa shape index (κ2) is 13.7. The largest absolute Gasteiger partial charge is 0.495 e. The third kappa shape index (κ3) is 7.34. The van der Waals surface area contributed by atoms with Gasteiger partial charge in [-0.15, -0.1) is 0 Å². The lowest BCUT2D eigenvalue weighted by Crippen LogP contribution is -2.47. The van der Waals surface area contributed by atoms with Gasteiger partial charge in [-0.25, -0.2) is 13.1 Å². The van der Waals surface area contributed by atoms with Crippen molar-refractivity contribution in [2.75, 3.05) is 48.4 Å². The molecule has 1 aliphatic heterocycles. The Labute approximate surface area is 238 Å². The van der Waals surface area contributed by atoms with Crippen molar-refractivity contribution in [3.05, 3.63) is 78.4 Å². The van der Waals surface area contributed by atoms with E-state index in [0.29, 0.717) is 44.0 Å². The van der Waals surface area contributed by atoms with Gasteiger partial charge in [0.25, 0.3) is 0 Å². The third-order valence-corrected chi connectivity index (χ3v) is 8.79. The van der Waals surface area contributed by atoms with Crippen LogP contribution < -0.4 is 24.6 Å². The Balaban J connectivity index is 1.58. The average Bonchev–Trinajstić information content (AvgIpc) is 2.97. The zero-order chi connectivity index (χ0) is 28.5. The summed E-state index contributed by atoms with van der Waals surface area (Å²) in [5.74, 6) is 0.706. The van der Waals surface area contributed by atoms with Gasteiger partial charge in [-0.05, 0) is 49.2 Å². The minimum absolute atomic E-state index is 0.111. The lowest BCUT2D eigenvalue weighted by Gasteiger charge is -2.38. The number of nitrogens with zero attached hydrogens (tertiary/aromatic N) is 2. The first-order valence-electron chi connectivity index (χ1n) is 14.0. The van der Waals surface area contributed by atoms with Crippen LogP contribution in [0.5, 0.6) is 5.75 Å². The number of sulfonamides is 1. The predicted molar refractivity (Wildman–Crippen MR) is 162 cm³/mol. The van der Waals surface area contributed by atoms with Crippen molar-refractivity contribution in [2.45, 2.75) is 50.5 Å². The second-order valence-corrected chi connectivity index (χ2v) is 11.8. The van der Waals surface area contributed by atoms with Crippen LogP contribution in [-0.4, -0.2) is 47.6 Å². The van der Waals surface area contributed by atoms with Crippen LogP contribution in [0.25, 0.3) is 0 Å². The molecule has 1 saturated heterocycles. The monoisotopic (exact) mass is 564 g/mol. The summed E-state index contributed by atoms with van der Waals surface area (Å²) in [5.41, 5.74) is 3.00. The second-order valence-electron chi connectivity index (χ2n) is 10.1. The number of nitrogens with one attached hydrogen (secondary N) is 2. The molecule has 2 N–H and O–H groups in total. The first kappa shape index (κ1) is 29.4. The van der Waals surface area contributed by atoms with E-state index in [1.807, 2.05) is 67.6 Å². The van der Waals surface area contributed by atoms with E-state index in [4.69, 9.17) is 4.74 Å². The van der Waals surface area contributed by atoms with Crippen molar-refractivity contribution in [3.8, 4) is 5.75 Å². The van der Waals surface area contributed by atoms with Gasteiger partial charge in [0.2, 0.25) is 15.9 Å². The van der Waals surface area contributed by atoms with Gasteiger partial charge in [0, 0.05) is 44.3 Å². The number of para-hydroxylation sites is 2. The molecule has 0 unspecified atom stereocenters. The van der Waals surface area contributed by atoms with E-state index in [1.165, 1.54) is 0 Å². The van der Waals surface area contributed by atoms with E-state index >= 15 is 0 Å². The lowest BCUT2D eigenvalue weighted by molar-refractivity contribution is -0.116. The zero-order valence-electron chi connectivity index (χ0n) is 23.6. The maximum absolute atomic E-state index is 13.8. The summed E-state index contributed by atoms with van der Waals surface area (Å²) in [7, 11) is -2.25. The molecule has 4 rings (SSSR count). The topological polar surface area (TPSA) is 91.0 Å². The minimum atomic E-state index is -3.92. The maximum Gasteiger partial charge on any atom is 0.243 e. The number of benzene rings is 3. The van der Waals surface area contributed by atoms with Crippen LogP contribution in [0.2, 0.25) is 0 Å². The molecular weight excluding hydrogens is 524 g/mol. The molecule has 3 aromatic rings. The Bertz CT molecular complexity index is 1370. The Morgan fingerprint density at radius 2 is 1.55 bits per heavy atom. The summed E-state index contributed by atoms with van der Waals surface area (Å²) >= 11 is 0. The first-order chi connectivity index (χ1) is 19.3. The van der Waals surface area contributed by atoms with Crippen molar-refractivity contribution in [1.82, 2.24) is 4.72 Å². The van der Waals surface area contributed by atoms with Crippen LogP contribution in [0, 0.1) is 0 Å². The summed E-state index contributed by atoms with van der Waals surface area (Å²) in [6.45, 7) is 6.62. The smallest absolute Gasteiger partial charge is 0.243 e. The lowest BCUT2D eigenvalue weighted by atomic mass is 10.1. The number of amides is 1. The molecule has 1 fully saturated rings. The molecule has 1 amide bonds. The molecule has 0 saturated carbocycles. The van der Waals surface area contributed by atoms with E-state index in [2.05, 4.69) is 26.8 Å². The number of anilines is 3. The Morgan fingerprint density at radius 1 is 0.900 bits per heavy atom. The van der Waals surface area contributed by atoms with E-state index in [0.717, 1.165) is 36.3 Å². The molecule has 0 aliphatic carbocycles. The average molecular weight is 565 g/mol. The maximum atomic E-state index is 13.8. The molecule has 8 nitrogen and oxygen atoms in total. The third-order valence-electron chi connectivity index (χ3n) is 7.22. The summed E-state index contributed by atoms with van der Waals surface area (Å²) in [6, 6.07) is 22.2. The van der Waals surface area contributed by atoms with Crippen molar-refractivity contribution in [1.29, 1.82) is 0 Å². The standard InChI is InChI=1S/C31H40N4O4S/c1-4-5-7-16-31(36)32-26-17-18-28(30(23-26)40(37,38)33-24(2)25-12-8-6-9-13-25)35-21-19-34(20-22-35)27-14-10-11-15-29(27)39-3/h6,8-15,17-18,23-24,33H,4-5,7,16,19-22H2,1-3H3,(H,32,36)/t24-/m0/s1. The van der Waals surface area contributed by atoms with Crippen molar-refractivity contribution in [2.24, 2.45) is 0 Å². The Hall–Kier alpha value is -3.56. The normalized spacial score (nSPS) is 14.6. The molecule has 1 aliphatic rings. The number of ether oxygens (including phenoxy) is 1. The number of hydrogen-bond acceptors (Lipinski definition) is 6. The summed E-state index contributed by atoms with van der Waals surface area (Å²) in [5, 5.41) is 2.90. The van der Waals surface area contributed by atoms with E-state index < -0.39 is 16.1 Å². The highest BCUT2D eigenvalue weighted by Gasteiger charge is 2.28. The van der Waals surface area contributed by atoms with E-state index in [9.17, 15) is 13.2 Å².